The average Bonchev–Trinajstić information content (AvgIpc) is 2.25. The Morgan fingerprint density at radius 3 is 2.00 bits per heavy atom. The van der Waals surface area contributed by atoms with Gasteiger partial charge in [0.15, 0.2) is 0 Å². The molecule has 1 aromatic rings. The van der Waals surface area contributed by atoms with Crippen LogP contribution >= 0.6 is 0 Å². The van der Waals surface area contributed by atoms with Crippen LogP contribution in [-0.2, 0) is 11.8 Å². The lowest BCUT2D eigenvalue weighted by atomic mass is 9.86. The molecule has 1 N–H and O–H groups in total. The fraction of sp³-hybridized carbons (Fsp3) is 0.625. The highest BCUT2D eigenvalue weighted by Crippen LogP contribution is 2.22. The third-order valence-electron chi connectivity index (χ3n) is 3.32. The van der Waals surface area contributed by atoms with E-state index in [0.29, 0.717) is 5.92 Å². The van der Waals surface area contributed by atoms with Crippen molar-refractivity contribution in [3.05, 3.63) is 35.4 Å². The molecule has 0 radical (unpaired) electrons. The van der Waals surface area contributed by atoms with Crippen LogP contribution in [0.3, 0.4) is 0 Å². The van der Waals surface area contributed by atoms with Gasteiger partial charge in [0.25, 0.3) is 0 Å². The Morgan fingerprint density at radius 1 is 1.06 bits per heavy atom. The molecule has 0 heterocycles. The number of hydrogen-bond donors (Lipinski definition) is 1. The molecule has 0 aliphatic heterocycles. The molecule has 0 aliphatic carbocycles. The summed E-state index contributed by atoms with van der Waals surface area (Å²) in [7, 11) is 0. The van der Waals surface area contributed by atoms with Crippen LogP contribution in [0.4, 0.5) is 0 Å². The van der Waals surface area contributed by atoms with E-state index < -0.39 is 0 Å². The van der Waals surface area contributed by atoms with E-state index in [1.807, 2.05) is 0 Å². The first-order chi connectivity index (χ1) is 7.80. The van der Waals surface area contributed by atoms with Crippen molar-refractivity contribution < 1.29 is 5.11 Å². The van der Waals surface area contributed by atoms with Gasteiger partial charge in [-0.15, -0.1) is 0 Å². The van der Waals surface area contributed by atoms with Gasteiger partial charge < -0.3 is 5.11 Å². The van der Waals surface area contributed by atoms with Crippen molar-refractivity contribution in [3.63, 3.8) is 0 Å². The molecular formula is C16H26O. The molecule has 0 unspecified atom stereocenters. The third kappa shape index (κ3) is 4.51. The largest absolute Gasteiger partial charge is 0.393 e. The SMILES string of the molecule is CC(C)[C@H](O)CCc1ccc(C(C)(C)C)cc1. The van der Waals surface area contributed by atoms with Crippen molar-refractivity contribution >= 4 is 0 Å². The minimum absolute atomic E-state index is 0.183. The van der Waals surface area contributed by atoms with Crippen LogP contribution in [-0.4, -0.2) is 11.2 Å². The van der Waals surface area contributed by atoms with Crippen molar-refractivity contribution in [2.45, 2.75) is 59.0 Å². The fourth-order valence-corrected chi connectivity index (χ4v) is 1.82. The van der Waals surface area contributed by atoms with Crippen molar-refractivity contribution in [1.82, 2.24) is 0 Å². The lowest BCUT2D eigenvalue weighted by Gasteiger charge is -2.19. The summed E-state index contributed by atoms with van der Waals surface area (Å²) in [4.78, 5) is 0. The second kappa shape index (κ2) is 5.68. The first-order valence-electron chi connectivity index (χ1n) is 6.58. The van der Waals surface area contributed by atoms with Crippen molar-refractivity contribution in [1.29, 1.82) is 0 Å². The summed E-state index contributed by atoms with van der Waals surface area (Å²) in [5.41, 5.74) is 2.90. The maximum atomic E-state index is 9.77. The van der Waals surface area contributed by atoms with E-state index in [1.165, 1.54) is 11.1 Å². The van der Waals surface area contributed by atoms with Gasteiger partial charge in [0.1, 0.15) is 0 Å². The van der Waals surface area contributed by atoms with Crippen molar-refractivity contribution in [2.75, 3.05) is 0 Å². The van der Waals surface area contributed by atoms with E-state index in [0.717, 1.165) is 12.8 Å². The third-order valence-corrected chi connectivity index (χ3v) is 3.32. The van der Waals surface area contributed by atoms with E-state index in [-0.39, 0.29) is 11.5 Å². The molecule has 0 bridgehead atoms. The van der Waals surface area contributed by atoms with E-state index in [2.05, 4.69) is 58.9 Å². The van der Waals surface area contributed by atoms with Gasteiger partial charge in [-0.1, -0.05) is 58.9 Å². The van der Waals surface area contributed by atoms with Gasteiger partial charge in [-0.05, 0) is 35.3 Å². The molecule has 0 saturated carbocycles. The van der Waals surface area contributed by atoms with Crippen LogP contribution in [0.2, 0.25) is 0 Å². The molecular weight excluding hydrogens is 208 g/mol. The molecule has 0 spiro atoms. The Morgan fingerprint density at radius 2 is 1.59 bits per heavy atom. The summed E-state index contributed by atoms with van der Waals surface area (Å²) >= 11 is 0. The van der Waals surface area contributed by atoms with Crippen LogP contribution in [0, 0.1) is 5.92 Å². The summed E-state index contributed by atoms with van der Waals surface area (Å²) in [6.07, 6.45) is 1.63. The van der Waals surface area contributed by atoms with Crippen LogP contribution in [0.25, 0.3) is 0 Å². The molecule has 0 amide bonds. The number of rotatable bonds is 4. The lowest BCUT2D eigenvalue weighted by molar-refractivity contribution is 0.116. The molecule has 0 fully saturated rings. The van der Waals surface area contributed by atoms with Crippen molar-refractivity contribution in [3.8, 4) is 0 Å². The summed E-state index contributed by atoms with van der Waals surface area (Å²) in [5.74, 6) is 0.351. The molecule has 0 aromatic heterocycles. The first-order valence-corrected chi connectivity index (χ1v) is 6.58. The quantitative estimate of drug-likeness (QED) is 0.837. The van der Waals surface area contributed by atoms with Gasteiger partial charge in [0.05, 0.1) is 6.10 Å². The van der Waals surface area contributed by atoms with Gasteiger partial charge >= 0.3 is 0 Å². The number of aryl methyl sites for hydroxylation is 1. The van der Waals surface area contributed by atoms with Crippen LogP contribution < -0.4 is 0 Å². The fourth-order valence-electron chi connectivity index (χ4n) is 1.82. The topological polar surface area (TPSA) is 20.2 Å². The highest BCUT2D eigenvalue weighted by atomic mass is 16.3. The summed E-state index contributed by atoms with van der Waals surface area (Å²) in [6, 6.07) is 8.79. The predicted molar refractivity (Wildman–Crippen MR) is 74.3 cm³/mol. The Kier molecular flexibility index (Phi) is 4.76. The first kappa shape index (κ1) is 14.2. The van der Waals surface area contributed by atoms with Crippen LogP contribution in [0.15, 0.2) is 24.3 Å². The zero-order chi connectivity index (χ0) is 13.1. The number of benzene rings is 1. The van der Waals surface area contributed by atoms with E-state index in [4.69, 9.17) is 0 Å². The van der Waals surface area contributed by atoms with Gasteiger partial charge in [0, 0.05) is 0 Å². The Bertz CT molecular complexity index is 330. The molecule has 96 valence electrons. The van der Waals surface area contributed by atoms with Gasteiger partial charge in [-0.3, -0.25) is 0 Å². The highest BCUT2D eigenvalue weighted by molar-refractivity contribution is 5.27. The maximum Gasteiger partial charge on any atom is 0.0566 e. The second-order valence-corrected chi connectivity index (χ2v) is 6.30. The zero-order valence-corrected chi connectivity index (χ0v) is 11.8. The van der Waals surface area contributed by atoms with Crippen LogP contribution in [0.1, 0.15) is 52.2 Å². The zero-order valence-electron chi connectivity index (χ0n) is 11.8. The number of aliphatic hydroxyl groups is 1. The summed E-state index contributed by atoms with van der Waals surface area (Å²) in [6.45, 7) is 10.8. The molecule has 17 heavy (non-hydrogen) atoms. The molecule has 0 saturated heterocycles. The second-order valence-electron chi connectivity index (χ2n) is 6.30. The average molecular weight is 234 g/mol. The molecule has 1 rings (SSSR count). The molecule has 1 aromatic carbocycles. The molecule has 1 atom stereocenters. The lowest BCUT2D eigenvalue weighted by Crippen LogP contribution is -2.15. The summed E-state index contributed by atoms with van der Waals surface area (Å²) < 4.78 is 0. The molecule has 1 nitrogen and oxygen atoms in total. The Balaban J connectivity index is 2.57. The number of hydrogen-bond acceptors (Lipinski definition) is 1. The smallest absolute Gasteiger partial charge is 0.0566 e. The van der Waals surface area contributed by atoms with E-state index in [1.54, 1.807) is 0 Å². The minimum Gasteiger partial charge on any atom is -0.393 e. The summed E-state index contributed by atoms with van der Waals surface area (Å²) in [5, 5.41) is 9.77. The maximum absolute atomic E-state index is 9.77. The van der Waals surface area contributed by atoms with Gasteiger partial charge in [-0.25, -0.2) is 0 Å². The van der Waals surface area contributed by atoms with E-state index in [9.17, 15) is 5.11 Å². The normalized spacial score (nSPS) is 14.1. The Labute approximate surface area is 106 Å². The van der Waals surface area contributed by atoms with E-state index >= 15 is 0 Å². The van der Waals surface area contributed by atoms with Crippen molar-refractivity contribution in [2.24, 2.45) is 5.92 Å². The molecule has 1 heteroatoms. The standard InChI is InChI=1S/C16H26O/c1-12(2)15(17)11-8-13-6-9-14(10-7-13)16(3,4)5/h6-7,9-10,12,15,17H,8,11H2,1-5H3/t15-/m1/s1. The van der Waals surface area contributed by atoms with Gasteiger partial charge in [-0.2, -0.15) is 0 Å². The highest BCUT2D eigenvalue weighted by Gasteiger charge is 2.13. The van der Waals surface area contributed by atoms with Crippen LogP contribution in [0.5, 0.6) is 0 Å². The minimum atomic E-state index is -0.183. The monoisotopic (exact) mass is 234 g/mol. The Hall–Kier alpha value is -0.820. The number of aliphatic hydroxyl groups excluding tert-OH is 1. The molecule has 0 aliphatic rings. The van der Waals surface area contributed by atoms with Gasteiger partial charge in [0.2, 0.25) is 0 Å². The predicted octanol–water partition coefficient (Wildman–Crippen LogP) is 3.93.